The molecular formula is C12H16BrNO. The van der Waals surface area contributed by atoms with Gasteiger partial charge in [0.05, 0.1) is 7.11 Å². The van der Waals surface area contributed by atoms with Gasteiger partial charge in [-0.3, -0.25) is 0 Å². The van der Waals surface area contributed by atoms with E-state index < -0.39 is 0 Å². The third-order valence-electron chi connectivity index (χ3n) is 3.14. The molecule has 1 saturated heterocycles. The molecule has 0 bridgehead atoms. The van der Waals surface area contributed by atoms with E-state index in [0.29, 0.717) is 0 Å². The Bertz CT molecular complexity index is 359. The molecule has 0 radical (unpaired) electrons. The zero-order valence-electron chi connectivity index (χ0n) is 9.14. The van der Waals surface area contributed by atoms with Gasteiger partial charge < -0.3 is 10.1 Å². The summed E-state index contributed by atoms with van der Waals surface area (Å²) >= 11 is 3.61. The Hall–Kier alpha value is -0.540. The van der Waals surface area contributed by atoms with Crippen LogP contribution in [0, 0.1) is 0 Å². The highest BCUT2D eigenvalue weighted by Gasteiger charge is 2.31. The van der Waals surface area contributed by atoms with Gasteiger partial charge in [-0.15, -0.1) is 0 Å². The van der Waals surface area contributed by atoms with Gasteiger partial charge in [0.1, 0.15) is 5.75 Å². The first-order valence-electron chi connectivity index (χ1n) is 5.25. The highest BCUT2D eigenvalue weighted by atomic mass is 79.9. The summed E-state index contributed by atoms with van der Waals surface area (Å²) < 4.78 is 6.32. The summed E-state index contributed by atoms with van der Waals surface area (Å²) in [6.07, 6.45) is 2.44. The fourth-order valence-corrected chi connectivity index (χ4v) is 2.99. The molecule has 1 aromatic carbocycles. The van der Waals surface area contributed by atoms with Gasteiger partial charge in [0.25, 0.3) is 0 Å². The second-order valence-corrected chi connectivity index (χ2v) is 5.06. The van der Waals surface area contributed by atoms with E-state index in [0.717, 1.165) is 16.8 Å². The molecule has 1 fully saturated rings. The van der Waals surface area contributed by atoms with Crippen molar-refractivity contribution in [2.45, 2.75) is 25.3 Å². The Morgan fingerprint density at radius 3 is 2.80 bits per heavy atom. The van der Waals surface area contributed by atoms with Crippen LogP contribution in [0.4, 0.5) is 0 Å². The fraction of sp³-hybridized carbons (Fsp3) is 0.500. The van der Waals surface area contributed by atoms with Crippen molar-refractivity contribution in [3.63, 3.8) is 0 Å². The molecule has 1 unspecified atom stereocenters. The van der Waals surface area contributed by atoms with Crippen LogP contribution >= 0.6 is 15.9 Å². The molecule has 82 valence electrons. The molecule has 1 aliphatic rings. The summed E-state index contributed by atoms with van der Waals surface area (Å²) in [5, 5.41) is 3.56. The summed E-state index contributed by atoms with van der Waals surface area (Å²) in [4.78, 5) is 0. The zero-order chi connectivity index (χ0) is 10.9. The SMILES string of the molecule is COc1ccc(C2(C)CCCN2)c(Br)c1. The third kappa shape index (κ3) is 2.04. The molecule has 0 aliphatic carbocycles. The lowest BCUT2D eigenvalue weighted by Gasteiger charge is -2.26. The quantitative estimate of drug-likeness (QED) is 0.891. The number of benzene rings is 1. The standard InChI is InChI=1S/C12H16BrNO/c1-12(6-3-7-14-12)10-5-4-9(15-2)8-11(10)13/h4-5,8,14H,3,6-7H2,1-2H3. The minimum atomic E-state index is 0.116. The van der Waals surface area contributed by atoms with Crippen molar-refractivity contribution in [3.8, 4) is 5.75 Å². The number of nitrogens with one attached hydrogen (secondary N) is 1. The summed E-state index contributed by atoms with van der Waals surface area (Å²) in [5.41, 5.74) is 1.44. The molecule has 1 N–H and O–H groups in total. The van der Waals surface area contributed by atoms with E-state index in [2.05, 4.69) is 34.2 Å². The molecule has 0 saturated carbocycles. The number of methoxy groups -OCH3 is 1. The van der Waals surface area contributed by atoms with Crippen LogP contribution in [0.3, 0.4) is 0 Å². The van der Waals surface area contributed by atoms with Crippen LogP contribution in [0.25, 0.3) is 0 Å². The van der Waals surface area contributed by atoms with Gasteiger partial charge in [0.2, 0.25) is 0 Å². The Labute approximate surface area is 99.1 Å². The summed E-state index contributed by atoms with van der Waals surface area (Å²) in [5.74, 6) is 0.896. The van der Waals surface area contributed by atoms with Crippen molar-refractivity contribution < 1.29 is 4.74 Å². The third-order valence-corrected chi connectivity index (χ3v) is 3.80. The van der Waals surface area contributed by atoms with Crippen LogP contribution in [0.2, 0.25) is 0 Å². The second-order valence-electron chi connectivity index (χ2n) is 4.21. The van der Waals surface area contributed by atoms with Gasteiger partial charge in [-0.25, -0.2) is 0 Å². The number of ether oxygens (including phenoxy) is 1. The average molecular weight is 270 g/mol. The first kappa shape index (κ1) is 11.0. The Morgan fingerprint density at radius 2 is 2.27 bits per heavy atom. The maximum Gasteiger partial charge on any atom is 0.120 e. The highest BCUT2D eigenvalue weighted by Crippen LogP contribution is 2.36. The fourth-order valence-electron chi connectivity index (χ4n) is 2.19. The van der Waals surface area contributed by atoms with Crippen LogP contribution in [0.5, 0.6) is 5.75 Å². The predicted molar refractivity (Wildman–Crippen MR) is 65.3 cm³/mol. The first-order valence-corrected chi connectivity index (χ1v) is 6.04. The Balaban J connectivity index is 2.36. The van der Waals surface area contributed by atoms with Crippen LogP contribution in [0.1, 0.15) is 25.3 Å². The van der Waals surface area contributed by atoms with E-state index in [1.165, 1.54) is 18.4 Å². The van der Waals surface area contributed by atoms with Gasteiger partial charge in [0.15, 0.2) is 0 Å². The van der Waals surface area contributed by atoms with Crippen molar-refractivity contribution in [2.24, 2.45) is 0 Å². The number of hydrogen-bond acceptors (Lipinski definition) is 2. The minimum Gasteiger partial charge on any atom is -0.497 e. The molecular weight excluding hydrogens is 254 g/mol. The maximum absolute atomic E-state index is 5.20. The van der Waals surface area contributed by atoms with Crippen molar-refractivity contribution in [3.05, 3.63) is 28.2 Å². The summed E-state index contributed by atoms with van der Waals surface area (Å²) in [6, 6.07) is 6.19. The number of hydrogen-bond donors (Lipinski definition) is 1. The minimum absolute atomic E-state index is 0.116. The predicted octanol–water partition coefficient (Wildman–Crippen LogP) is 3.06. The van der Waals surface area contributed by atoms with Crippen molar-refractivity contribution in [1.29, 1.82) is 0 Å². The van der Waals surface area contributed by atoms with E-state index in [1.54, 1.807) is 7.11 Å². The molecule has 1 aromatic rings. The second kappa shape index (κ2) is 4.14. The van der Waals surface area contributed by atoms with Gasteiger partial charge in [-0.05, 0) is 44.0 Å². The van der Waals surface area contributed by atoms with Gasteiger partial charge in [0, 0.05) is 10.0 Å². The zero-order valence-corrected chi connectivity index (χ0v) is 10.7. The molecule has 0 aromatic heterocycles. The van der Waals surface area contributed by atoms with E-state index in [1.807, 2.05) is 12.1 Å². The lowest BCUT2D eigenvalue weighted by Crippen LogP contribution is -2.33. The van der Waals surface area contributed by atoms with Gasteiger partial charge in [-0.2, -0.15) is 0 Å². The molecule has 0 amide bonds. The Morgan fingerprint density at radius 1 is 1.47 bits per heavy atom. The van der Waals surface area contributed by atoms with Crippen LogP contribution in [-0.2, 0) is 5.54 Å². The first-order chi connectivity index (χ1) is 7.15. The molecule has 0 spiro atoms. The van der Waals surface area contributed by atoms with E-state index in [4.69, 9.17) is 4.74 Å². The van der Waals surface area contributed by atoms with E-state index in [9.17, 15) is 0 Å². The maximum atomic E-state index is 5.20. The largest absolute Gasteiger partial charge is 0.497 e. The van der Waals surface area contributed by atoms with Gasteiger partial charge >= 0.3 is 0 Å². The summed E-state index contributed by atoms with van der Waals surface area (Å²) in [6.45, 7) is 3.36. The van der Waals surface area contributed by atoms with E-state index in [-0.39, 0.29) is 5.54 Å². The highest BCUT2D eigenvalue weighted by molar-refractivity contribution is 9.10. The molecule has 1 heterocycles. The average Bonchev–Trinajstić information content (AvgIpc) is 2.65. The molecule has 2 nitrogen and oxygen atoms in total. The molecule has 3 heteroatoms. The van der Waals surface area contributed by atoms with Crippen LogP contribution in [-0.4, -0.2) is 13.7 Å². The summed E-state index contributed by atoms with van der Waals surface area (Å²) in [7, 11) is 1.69. The van der Waals surface area contributed by atoms with Crippen molar-refractivity contribution in [1.82, 2.24) is 5.32 Å². The molecule has 2 rings (SSSR count). The van der Waals surface area contributed by atoms with Crippen molar-refractivity contribution in [2.75, 3.05) is 13.7 Å². The monoisotopic (exact) mass is 269 g/mol. The number of halogens is 1. The smallest absolute Gasteiger partial charge is 0.120 e. The van der Waals surface area contributed by atoms with Gasteiger partial charge in [-0.1, -0.05) is 22.0 Å². The lowest BCUT2D eigenvalue weighted by atomic mass is 9.90. The van der Waals surface area contributed by atoms with Crippen LogP contribution < -0.4 is 10.1 Å². The molecule has 1 aliphatic heterocycles. The Kier molecular flexibility index (Phi) is 3.03. The van der Waals surface area contributed by atoms with Crippen molar-refractivity contribution >= 4 is 15.9 Å². The lowest BCUT2D eigenvalue weighted by molar-refractivity contribution is 0.409. The topological polar surface area (TPSA) is 21.3 Å². The van der Waals surface area contributed by atoms with E-state index >= 15 is 0 Å². The number of rotatable bonds is 2. The molecule has 15 heavy (non-hydrogen) atoms. The van der Waals surface area contributed by atoms with Crippen LogP contribution in [0.15, 0.2) is 22.7 Å². The normalized spacial score (nSPS) is 25.5. The molecule has 1 atom stereocenters.